The lowest BCUT2D eigenvalue weighted by atomic mass is 10.1. The normalized spacial score (nSPS) is 16.8. The number of hydrogen-bond donors (Lipinski definition) is 0. The third-order valence-electron chi connectivity index (χ3n) is 5.55. The fraction of sp³-hybridized carbons (Fsp3) is 0.550. The Labute approximate surface area is 179 Å². The van der Waals surface area contributed by atoms with Crippen molar-refractivity contribution >= 4 is 20.0 Å². The van der Waals surface area contributed by atoms with E-state index in [2.05, 4.69) is 12.0 Å². The highest BCUT2D eigenvalue weighted by Crippen LogP contribution is 2.24. The highest BCUT2D eigenvalue weighted by Gasteiger charge is 2.35. The van der Waals surface area contributed by atoms with Crippen LogP contribution in [0.4, 0.5) is 0 Å². The van der Waals surface area contributed by atoms with E-state index < -0.39 is 20.0 Å². The van der Waals surface area contributed by atoms with Gasteiger partial charge in [-0.3, -0.25) is 4.68 Å². The molecule has 1 aliphatic heterocycles. The van der Waals surface area contributed by atoms with E-state index in [4.69, 9.17) is 0 Å². The molecule has 2 aromatic rings. The molecule has 0 radical (unpaired) electrons. The van der Waals surface area contributed by atoms with Crippen molar-refractivity contribution in [2.75, 3.05) is 26.2 Å². The van der Waals surface area contributed by atoms with Gasteiger partial charge in [-0.1, -0.05) is 25.5 Å². The molecule has 0 N–H and O–H groups in total. The Balaban J connectivity index is 1.70. The molecular weight excluding hydrogens is 424 g/mol. The predicted octanol–water partition coefficient (Wildman–Crippen LogP) is 2.25. The van der Waals surface area contributed by atoms with Crippen LogP contribution < -0.4 is 0 Å². The summed E-state index contributed by atoms with van der Waals surface area (Å²) in [7, 11) is -7.35. The molecule has 0 atom stereocenters. The zero-order valence-corrected chi connectivity index (χ0v) is 19.4. The minimum absolute atomic E-state index is 0.118. The average molecular weight is 455 g/mol. The number of hydrogen-bond acceptors (Lipinski definition) is 5. The van der Waals surface area contributed by atoms with E-state index in [1.165, 1.54) is 14.8 Å². The van der Waals surface area contributed by atoms with E-state index in [9.17, 15) is 16.8 Å². The Kier molecular flexibility index (Phi) is 7.01. The number of nitrogens with zero attached hydrogens (tertiary/aromatic N) is 4. The first-order chi connectivity index (χ1) is 14.2. The topological polar surface area (TPSA) is 92.6 Å². The lowest BCUT2D eigenvalue weighted by molar-refractivity contribution is 0.272. The second kappa shape index (κ2) is 9.17. The van der Waals surface area contributed by atoms with Crippen molar-refractivity contribution in [1.82, 2.24) is 18.4 Å². The zero-order valence-electron chi connectivity index (χ0n) is 17.8. The molecule has 8 nitrogen and oxygen atoms in total. The highest BCUT2D eigenvalue weighted by molar-refractivity contribution is 7.89. The molecule has 0 amide bonds. The maximum absolute atomic E-state index is 13.0. The Morgan fingerprint density at radius 2 is 1.47 bits per heavy atom. The maximum Gasteiger partial charge on any atom is 0.246 e. The summed E-state index contributed by atoms with van der Waals surface area (Å²) in [5.74, 6) is 0. The number of piperazine rings is 1. The van der Waals surface area contributed by atoms with Crippen LogP contribution in [-0.2, 0) is 33.0 Å². The van der Waals surface area contributed by atoms with Crippen LogP contribution >= 0.6 is 0 Å². The van der Waals surface area contributed by atoms with Crippen molar-refractivity contribution in [2.45, 2.75) is 56.4 Å². The third kappa shape index (κ3) is 4.46. The van der Waals surface area contributed by atoms with Gasteiger partial charge in [0.1, 0.15) is 4.90 Å². The molecule has 1 fully saturated rings. The number of unbranched alkanes of at least 4 members (excludes halogenated alkanes) is 1. The molecule has 0 bridgehead atoms. The molecular formula is C20H30N4O4S2. The summed E-state index contributed by atoms with van der Waals surface area (Å²) in [6.45, 7) is 6.82. The van der Waals surface area contributed by atoms with Crippen LogP contribution in [0.5, 0.6) is 0 Å². The first kappa shape index (κ1) is 22.9. The van der Waals surface area contributed by atoms with Crippen LogP contribution in [0.2, 0.25) is 0 Å². The molecule has 0 aliphatic carbocycles. The van der Waals surface area contributed by atoms with Crippen molar-refractivity contribution in [1.29, 1.82) is 0 Å². The smallest absolute Gasteiger partial charge is 0.246 e. The Morgan fingerprint density at radius 3 is 1.97 bits per heavy atom. The second-order valence-corrected chi connectivity index (χ2v) is 11.3. The van der Waals surface area contributed by atoms with Crippen LogP contribution in [0.15, 0.2) is 40.3 Å². The summed E-state index contributed by atoms with van der Waals surface area (Å²) in [5.41, 5.74) is 1.71. The van der Waals surface area contributed by atoms with Crippen molar-refractivity contribution < 1.29 is 16.8 Å². The summed E-state index contributed by atoms with van der Waals surface area (Å²) in [6, 6.07) is 7.01. The Hall–Kier alpha value is -1.75. The first-order valence-electron chi connectivity index (χ1n) is 10.3. The van der Waals surface area contributed by atoms with Crippen molar-refractivity contribution in [2.24, 2.45) is 0 Å². The van der Waals surface area contributed by atoms with E-state index in [1.54, 1.807) is 23.7 Å². The van der Waals surface area contributed by atoms with Crippen molar-refractivity contribution in [3.63, 3.8) is 0 Å². The average Bonchev–Trinajstić information content (AvgIpc) is 3.13. The van der Waals surface area contributed by atoms with E-state index in [0.29, 0.717) is 12.2 Å². The molecule has 0 unspecified atom stereocenters. The van der Waals surface area contributed by atoms with Crippen molar-refractivity contribution in [3.8, 4) is 0 Å². The fourth-order valence-corrected chi connectivity index (χ4v) is 6.65. The minimum Gasteiger partial charge on any atom is -0.269 e. The lowest BCUT2D eigenvalue weighted by Gasteiger charge is -2.33. The van der Waals surface area contributed by atoms with Crippen LogP contribution in [-0.4, -0.2) is 61.4 Å². The SMILES string of the molecule is CCCCc1ccc(S(=O)(=O)N2CCN(S(=O)(=O)c3cnn(CC)c3C)CC2)cc1. The number of aromatic nitrogens is 2. The largest absolute Gasteiger partial charge is 0.269 e. The number of aryl methyl sites for hydroxylation is 2. The van der Waals surface area contributed by atoms with Crippen LogP contribution in [0, 0.1) is 6.92 Å². The van der Waals surface area contributed by atoms with Gasteiger partial charge in [-0.25, -0.2) is 16.8 Å². The minimum atomic E-state index is -3.70. The van der Waals surface area contributed by atoms with Crippen LogP contribution in [0.25, 0.3) is 0 Å². The van der Waals surface area contributed by atoms with Gasteiger partial charge < -0.3 is 0 Å². The quantitative estimate of drug-likeness (QED) is 0.610. The number of sulfonamides is 2. The van der Waals surface area contributed by atoms with Gasteiger partial charge in [0.2, 0.25) is 20.0 Å². The van der Waals surface area contributed by atoms with Gasteiger partial charge in [0.05, 0.1) is 16.8 Å². The van der Waals surface area contributed by atoms with Gasteiger partial charge in [-0.05, 0) is 44.4 Å². The monoisotopic (exact) mass is 454 g/mol. The first-order valence-corrected chi connectivity index (χ1v) is 13.2. The molecule has 1 saturated heterocycles. The molecule has 1 aliphatic rings. The summed E-state index contributed by atoms with van der Waals surface area (Å²) >= 11 is 0. The molecule has 2 heterocycles. The molecule has 0 saturated carbocycles. The van der Waals surface area contributed by atoms with Gasteiger partial charge in [-0.2, -0.15) is 13.7 Å². The predicted molar refractivity (Wildman–Crippen MR) is 115 cm³/mol. The van der Waals surface area contributed by atoms with Gasteiger partial charge in [0, 0.05) is 32.7 Å². The molecule has 0 spiro atoms. The molecule has 30 heavy (non-hydrogen) atoms. The van der Waals surface area contributed by atoms with Gasteiger partial charge in [0.15, 0.2) is 0 Å². The van der Waals surface area contributed by atoms with Crippen LogP contribution in [0.1, 0.15) is 37.9 Å². The maximum atomic E-state index is 13.0. The Bertz CT molecular complexity index is 1070. The van der Waals surface area contributed by atoms with Gasteiger partial charge in [-0.15, -0.1) is 0 Å². The summed E-state index contributed by atoms with van der Waals surface area (Å²) in [5, 5.41) is 4.12. The van der Waals surface area contributed by atoms with Crippen LogP contribution in [0.3, 0.4) is 0 Å². The summed E-state index contributed by atoms with van der Waals surface area (Å²) in [4.78, 5) is 0.433. The summed E-state index contributed by atoms with van der Waals surface area (Å²) in [6.07, 6.45) is 4.46. The fourth-order valence-electron chi connectivity index (χ4n) is 3.65. The molecule has 3 rings (SSSR count). The number of rotatable bonds is 8. The Morgan fingerprint density at radius 1 is 0.900 bits per heavy atom. The third-order valence-corrected chi connectivity index (χ3v) is 9.47. The van der Waals surface area contributed by atoms with Gasteiger partial charge in [0.25, 0.3) is 0 Å². The second-order valence-electron chi connectivity index (χ2n) is 7.47. The van der Waals surface area contributed by atoms with E-state index >= 15 is 0 Å². The molecule has 1 aromatic heterocycles. The molecule has 10 heteroatoms. The standard InChI is InChI=1S/C20H30N4O4S2/c1-4-6-7-18-8-10-19(11-9-18)29(25,26)22-12-14-23(15-13-22)30(27,28)20-16-21-24(5-2)17(20)3/h8-11,16H,4-7,12-15H2,1-3H3. The van der Waals surface area contributed by atoms with E-state index in [1.807, 2.05) is 19.1 Å². The van der Waals surface area contributed by atoms with Gasteiger partial charge >= 0.3 is 0 Å². The van der Waals surface area contributed by atoms with E-state index in [-0.39, 0.29) is 36.0 Å². The molecule has 166 valence electrons. The number of benzene rings is 1. The summed E-state index contributed by atoms with van der Waals surface area (Å²) < 4.78 is 56.3. The van der Waals surface area contributed by atoms with E-state index in [0.717, 1.165) is 24.8 Å². The van der Waals surface area contributed by atoms with Crippen molar-refractivity contribution in [3.05, 3.63) is 41.7 Å². The zero-order chi connectivity index (χ0) is 21.9. The highest BCUT2D eigenvalue weighted by atomic mass is 32.2. The molecule has 1 aromatic carbocycles. The lowest BCUT2D eigenvalue weighted by Crippen LogP contribution is -2.50.